The molecule has 112 valence electrons. The van der Waals surface area contributed by atoms with Crippen LogP contribution in [0.2, 0.25) is 0 Å². The predicted molar refractivity (Wildman–Crippen MR) is 82.4 cm³/mol. The van der Waals surface area contributed by atoms with Crippen LogP contribution in [0.3, 0.4) is 0 Å². The number of para-hydroxylation sites is 2. The van der Waals surface area contributed by atoms with Crippen molar-refractivity contribution in [2.75, 3.05) is 32.2 Å². The molecule has 1 aromatic carbocycles. The van der Waals surface area contributed by atoms with E-state index in [0.717, 1.165) is 35.3 Å². The monoisotopic (exact) mass is 306 g/mol. The van der Waals surface area contributed by atoms with E-state index in [0.29, 0.717) is 13.2 Å². The largest absolute Gasteiger partial charge is 0.490 e. The van der Waals surface area contributed by atoms with E-state index < -0.39 is 0 Å². The number of fused-ring (bicyclic) bond motifs is 1. The predicted octanol–water partition coefficient (Wildman–Crippen LogP) is 3.10. The number of methoxy groups -OCH3 is 1. The van der Waals surface area contributed by atoms with Crippen LogP contribution < -0.4 is 14.8 Å². The smallest absolute Gasteiger partial charge is 0.183 e. The first-order valence-corrected chi connectivity index (χ1v) is 7.81. The molecule has 1 aliphatic heterocycles. The van der Waals surface area contributed by atoms with E-state index in [9.17, 15) is 0 Å². The number of nitrogens with zero attached hydrogens (tertiary/aromatic N) is 1. The summed E-state index contributed by atoms with van der Waals surface area (Å²) in [4.78, 5) is 4.59. The summed E-state index contributed by atoms with van der Waals surface area (Å²) in [7, 11) is 1.69. The molecular weight excluding hydrogens is 288 g/mol. The standard InChI is InChI=1S/C15H18N2O3S/c1-18-9-7-16-15-17-11(10-21-15)12-6-8-19-13-4-2-3-5-14(13)20-12/h2-5,10,12H,6-9H2,1H3,(H,16,17). The van der Waals surface area contributed by atoms with E-state index in [1.165, 1.54) is 0 Å². The molecule has 2 aromatic rings. The Bertz CT molecular complexity index is 588. The van der Waals surface area contributed by atoms with Gasteiger partial charge in [-0.1, -0.05) is 12.1 Å². The second-order valence-electron chi connectivity index (χ2n) is 4.69. The molecule has 0 radical (unpaired) electrons. The number of benzene rings is 1. The lowest BCUT2D eigenvalue weighted by Crippen LogP contribution is -2.10. The van der Waals surface area contributed by atoms with Crippen molar-refractivity contribution in [3.05, 3.63) is 35.3 Å². The molecule has 0 saturated heterocycles. The number of hydrogen-bond donors (Lipinski definition) is 1. The minimum Gasteiger partial charge on any atom is -0.490 e. The maximum Gasteiger partial charge on any atom is 0.183 e. The van der Waals surface area contributed by atoms with E-state index in [2.05, 4.69) is 10.3 Å². The van der Waals surface area contributed by atoms with Gasteiger partial charge in [0.1, 0.15) is 6.10 Å². The van der Waals surface area contributed by atoms with Crippen molar-refractivity contribution in [2.24, 2.45) is 0 Å². The Hall–Kier alpha value is -1.79. The number of hydrogen-bond acceptors (Lipinski definition) is 6. The van der Waals surface area contributed by atoms with Gasteiger partial charge in [0.25, 0.3) is 0 Å². The molecule has 0 amide bonds. The van der Waals surface area contributed by atoms with Gasteiger partial charge in [0.15, 0.2) is 16.6 Å². The van der Waals surface area contributed by atoms with Crippen molar-refractivity contribution < 1.29 is 14.2 Å². The SMILES string of the molecule is COCCNc1nc(C2CCOc3ccccc3O2)cs1. The first kappa shape index (κ1) is 14.2. The lowest BCUT2D eigenvalue weighted by molar-refractivity contribution is 0.191. The Morgan fingerprint density at radius 2 is 2.24 bits per heavy atom. The molecule has 21 heavy (non-hydrogen) atoms. The molecule has 0 bridgehead atoms. The molecule has 5 nitrogen and oxygen atoms in total. The van der Waals surface area contributed by atoms with E-state index >= 15 is 0 Å². The topological polar surface area (TPSA) is 52.6 Å². The van der Waals surface area contributed by atoms with Gasteiger partial charge in [-0.25, -0.2) is 4.98 Å². The minimum atomic E-state index is -0.0668. The summed E-state index contributed by atoms with van der Waals surface area (Å²) >= 11 is 1.58. The number of thiazole rings is 1. The Morgan fingerprint density at radius 1 is 1.38 bits per heavy atom. The van der Waals surface area contributed by atoms with Gasteiger partial charge in [0, 0.05) is 25.5 Å². The highest BCUT2D eigenvalue weighted by molar-refractivity contribution is 7.13. The first-order valence-electron chi connectivity index (χ1n) is 6.93. The van der Waals surface area contributed by atoms with Gasteiger partial charge in [0.05, 0.1) is 18.9 Å². The number of ether oxygens (including phenoxy) is 3. The number of aromatic nitrogens is 1. The lowest BCUT2D eigenvalue weighted by atomic mass is 10.2. The highest BCUT2D eigenvalue weighted by Gasteiger charge is 2.22. The second-order valence-corrected chi connectivity index (χ2v) is 5.55. The van der Waals surface area contributed by atoms with Gasteiger partial charge in [-0.2, -0.15) is 0 Å². The third-order valence-electron chi connectivity index (χ3n) is 3.19. The lowest BCUT2D eigenvalue weighted by Gasteiger charge is -2.13. The summed E-state index contributed by atoms with van der Waals surface area (Å²) in [6.45, 7) is 2.04. The van der Waals surface area contributed by atoms with Gasteiger partial charge < -0.3 is 19.5 Å². The van der Waals surface area contributed by atoms with E-state index in [4.69, 9.17) is 14.2 Å². The fourth-order valence-corrected chi connectivity index (χ4v) is 2.92. The maximum atomic E-state index is 6.05. The van der Waals surface area contributed by atoms with Gasteiger partial charge in [0.2, 0.25) is 0 Å². The highest BCUT2D eigenvalue weighted by Crippen LogP contribution is 2.36. The van der Waals surface area contributed by atoms with Gasteiger partial charge in [-0.05, 0) is 12.1 Å². The minimum absolute atomic E-state index is 0.0668. The fourth-order valence-electron chi connectivity index (χ4n) is 2.14. The third kappa shape index (κ3) is 3.46. The van der Waals surface area contributed by atoms with Crippen molar-refractivity contribution >= 4 is 16.5 Å². The molecule has 6 heteroatoms. The molecule has 0 fully saturated rings. The normalized spacial score (nSPS) is 17.3. The van der Waals surface area contributed by atoms with Crippen LogP contribution in [0.4, 0.5) is 5.13 Å². The zero-order valence-electron chi connectivity index (χ0n) is 11.9. The first-order chi connectivity index (χ1) is 10.4. The molecule has 1 N–H and O–H groups in total. The van der Waals surface area contributed by atoms with Crippen LogP contribution in [0.5, 0.6) is 11.5 Å². The Labute approximate surface area is 127 Å². The van der Waals surface area contributed by atoms with Crippen LogP contribution in [0.25, 0.3) is 0 Å². The van der Waals surface area contributed by atoms with Crippen LogP contribution in [0.15, 0.2) is 29.6 Å². The summed E-state index contributed by atoms with van der Waals surface area (Å²) in [5.74, 6) is 1.58. The fraction of sp³-hybridized carbons (Fsp3) is 0.400. The average molecular weight is 306 g/mol. The van der Waals surface area contributed by atoms with Gasteiger partial charge >= 0.3 is 0 Å². The number of anilines is 1. The maximum absolute atomic E-state index is 6.05. The third-order valence-corrected chi connectivity index (χ3v) is 4.01. The Kier molecular flexibility index (Phi) is 4.57. The molecule has 0 spiro atoms. The summed E-state index contributed by atoms with van der Waals surface area (Å²) in [5.41, 5.74) is 0.945. The molecule has 1 unspecified atom stereocenters. The Balaban J connectivity index is 1.69. The summed E-state index contributed by atoms with van der Waals surface area (Å²) < 4.78 is 16.8. The van der Waals surface area contributed by atoms with Crippen molar-refractivity contribution in [3.8, 4) is 11.5 Å². The molecule has 0 saturated carbocycles. The zero-order chi connectivity index (χ0) is 14.5. The molecular formula is C15H18N2O3S. The van der Waals surface area contributed by atoms with Crippen LogP contribution in [-0.4, -0.2) is 31.9 Å². The second kappa shape index (κ2) is 6.78. The summed E-state index contributed by atoms with van der Waals surface area (Å²) in [6, 6.07) is 7.75. The zero-order valence-corrected chi connectivity index (χ0v) is 12.7. The number of nitrogens with one attached hydrogen (secondary N) is 1. The number of rotatable bonds is 5. The molecule has 1 aromatic heterocycles. The summed E-state index contributed by atoms with van der Waals surface area (Å²) in [5, 5.41) is 6.16. The van der Waals surface area contributed by atoms with E-state index in [1.54, 1.807) is 18.4 Å². The molecule has 1 atom stereocenters. The van der Waals surface area contributed by atoms with Crippen LogP contribution in [0, 0.1) is 0 Å². The quantitative estimate of drug-likeness (QED) is 0.860. The molecule has 3 rings (SSSR count). The highest BCUT2D eigenvalue weighted by atomic mass is 32.1. The molecule has 2 heterocycles. The van der Waals surface area contributed by atoms with Crippen molar-refractivity contribution in [2.45, 2.75) is 12.5 Å². The summed E-state index contributed by atoms with van der Waals surface area (Å²) in [6.07, 6.45) is 0.721. The van der Waals surface area contributed by atoms with Crippen LogP contribution in [0.1, 0.15) is 18.2 Å². The van der Waals surface area contributed by atoms with Gasteiger partial charge in [-0.3, -0.25) is 0 Å². The van der Waals surface area contributed by atoms with E-state index in [1.807, 2.05) is 29.6 Å². The van der Waals surface area contributed by atoms with Crippen molar-refractivity contribution in [3.63, 3.8) is 0 Å². The van der Waals surface area contributed by atoms with E-state index in [-0.39, 0.29) is 6.10 Å². The van der Waals surface area contributed by atoms with Gasteiger partial charge in [-0.15, -0.1) is 11.3 Å². The molecule has 1 aliphatic rings. The van der Waals surface area contributed by atoms with Crippen LogP contribution >= 0.6 is 11.3 Å². The molecule has 0 aliphatic carbocycles. The van der Waals surface area contributed by atoms with Crippen LogP contribution in [-0.2, 0) is 4.74 Å². The van der Waals surface area contributed by atoms with Crippen molar-refractivity contribution in [1.82, 2.24) is 4.98 Å². The average Bonchev–Trinajstić information content (AvgIpc) is 2.86. The van der Waals surface area contributed by atoms with Crippen molar-refractivity contribution in [1.29, 1.82) is 0 Å². The Morgan fingerprint density at radius 3 is 3.10 bits per heavy atom.